The molecule has 5 nitrogen and oxygen atoms in total. The fraction of sp³-hybridized carbons (Fsp3) is 0.471. The lowest BCUT2D eigenvalue weighted by Crippen LogP contribution is -2.38. The van der Waals surface area contributed by atoms with E-state index < -0.39 is 0 Å². The Bertz CT molecular complexity index is 549. The Kier molecular flexibility index (Phi) is 6.13. The molecule has 1 aromatic rings. The number of carbonyl (C=O) groups excluding carboxylic acids is 2. The number of rotatable bonds is 5. The predicted molar refractivity (Wildman–Crippen MR) is 86.5 cm³/mol. The summed E-state index contributed by atoms with van der Waals surface area (Å²) in [6.07, 6.45) is 6.88. The van der Waals surface area contributed by atoms with Crippen molar-refractivity contribution in [3.05, 3.63) is 35.4 Å². The van der Waals surface area contributed by atoms with Gasteiger partial charge >= 0.3 is 0 Å². The van der Waals surface area contributed by atoms with Gasteiger partial charge in [-0.05, 0) is 30.9 Å². The highest BCUT2D eigenvalue weighted by Gasteiger charge is 2.21. The normalized spacial score (nSPS) is 15.7. The monoisotopic (exact) mass is 301 g/mol. The van der Waals surface area contributed by atoms with E-state index in [-0.39, 0.29) is 24.3 Å². The van der Waals surface area contributed by atoms with Crippen LogP contribution in [-0.4, -0.2) is 24.6 Å². The van der Waals surface area contributed by atoms with Crippen molar-refractivity contribution in [3.63, 3.8) is 0 Å². The van der Waals surface area contributed by atoms with Crippen LogP contribution in [0.2, 0.25) is 0 Å². The Hall–Kier alpha value is -2.17. The highest BCUT2D eigenvalue weighted by atomic mass is 16.2. The Morgan fingerprint density at radius 2 is 1.95 bits per heavy atom. The van der Waals surface area contributed by atoms with E-state index in [0.29, 0.717) is 0 Å². The third kappa shape index (κ3) is 4.98. The molecule has 0 saturated heterocycles. The number of hydrogen-bond acceptors (Lipinski definition) is 3. The van der Waals surface area contributed by atoms with Crippen molar-refractivity contribution in [2.45, 2.75) is 39.0 Å². The fourth-order valence-electron chi connectivity index (χ4n) is 2.62. The summed E-state index contributed by atoms with van der Waals surface area (Å²) in [5, 5.41) is 6.60. The highest BCUT2D eigenvalue weighted by Crippen LogP contribution is 2.23. The van der Waals surface area contributed by atoms with E-state index in [2.05, 4.69) is 15.8 Å². The molecule has 2 rings (SSSR count). The standard InChI is InChI=1S/C17H23N3O2/c1-13-7-5-6-10-15(13)11-19-20-16(21)12-18-17(22)14-8-3-2-4-9-14/h5-7,10-11,14H,2-4,8-9,12H2,1H3,(H,18,22)(H,20,21). The summed E-state index contributed by atoms with van der Waals surface area (Å²) in [5.74, 6) is -0.260. The second-order valence-electron chi connectivity index (χ2n) is 5.70. The number of hydrazone groups is 1. The van der Waals surface area contributed by atoms with Gasteiger partial charge in [0.05, 0.1) is 12.8 Å². The number of nitrogens with one attached hydrogen (secondary N) is 2. The average Bonchev–Trinajstić information content (AvgIpc) is 2.55. The molecule has 0 aromatic heterocycles. The van der Waals surface area contributed by atoms with Gasteiger partial charge in [-0.3, -0.25) is 9.59 Å². The summed E-state index contributed by atoms with van der Waals surface area (Å²) in [6, 6.07) is 7.77. The van der Waals surface area contributed by atoms with Gasteiger partial charge in [0.2, 0.25) is 5.91 Å². The maximum Gasteiger partial charge on any atom is 0.259 e. The minimum Gasteiger partial charge on any atom is -0.347 e. The number of amides is 2. The van der Waals surface area contributed by atoms with Crippen molar-refractivity contribution < 1.29 is 9.59 Å². The summed E-state index contributed by atoms with van der Waals surface area (Å²) in [5.41, 5.74) is 4.47. The van der Waals surface area contributed by atoms with E-state index in [1.54, 1.807) is 6.21 Å². The molecule has 1 aromatic carbocycles. The maximum atomic E-state index is 11.9. The number of hydrogen-bond donors (Lipinski definition) is 2. The lowest BCUT2D eigenvalue weighted by Gasteiger charge is -2.20. The van der Waals surface area contributed by atoms with Gasteiger partial charge in [-0.2, -0.15) is 5.10 Å². The van der Waals surface area contributed by atoms with Gasteiger partial charge < -0.3 is 5.32 Å². The number of nitrogens with zero attached hydrogens (tertiary/aromatic N) is 1. The third-order valence-electron chi connectivity index (χ3n) is 3.98. The van der Waals surface area contributed by atoms with Crippen LogP contribution in [0, 0.1) is 12.8 Å². The zero-order valence-electron chi connectivity index (χ0n) is 13.0. The first-order chi connectivity index (χ1) is 10.7. The molecule has 1 aliphatic carbocycles. The van der Waals surface area contributed by atoms with Crippen LogP contribution < -0.4 is 10.7 Å². The quantitative estimate of drug-likeness (QED) is 0.646. The van der Waals surface area contributed by atoms with Gasteiger partial charge in [-0.25, -0.2) is 5.43 Å². The summed E-state index contributed by atoms with van der Waals surface area (Å²) >= 11 is 0. The molecule has 1 fully saturated rings. The first kappa shape index (κ1) is 16.2. The molecule has 2 amide bonds. The van der Waals surface area contributed by atoms with Gasteiger partial charge in [0, 0.05) is 5.92 Å². The highest BCUT2D eigenvalue weighted by molar-refractivity contribution is 5.87. The fourth-order valence-corrected chi connectivity index (χ4v) is 2.62. The van der Waals surface area contributed by atoms with Gasteiger partial charge in [0.25, 0.3) is 5.91 Å². The molecule has 0 unspecified atom stereocenters. The molecule has 22 heavy (non-hydrogen) atoms. The molecule has 118 valence electrons. The van der Waals surface area contributed by atoms with E-state index in [9.17, 15) is 9.59 Å². The first-order valence-corrected chi connectivity index (χ1v) is 7.82. The Morgan fingerprint density at radius 1 is 1.23 bits per heavy atom. The summed E-state index contributed by atoms with van der Waals surface area (Å²) in [7, 11) is 0. The maximum absolute atomic E-state index is 11.9. The van der Waals surface area contributed by atoms with Crippen LogP contribution in [-0.2, 0) is 9.59 Å². The van der Waals surface area contributed by atoms with E-state index in [1.807, 2.05) is 31.2 Å². The largest absolute Gasteiger partial charge is 0.347 e. The molecule has 5 heteroatoms. The van der Waals surface area contributed by atoms with E-state index in [1.165, 1.54) is 6.42 Å². The smallest absolute Gasteiger partial charge is 0.259 e. The van der Waals surface area contributed by atoms with E-state index >= 15 is 0 Å². The van der Waals surface area contributed by atoms with Crippen LogP contribution >= 0.6 is 0 Å². The molecule has 0 radical (unpaired) electrons. The van der Waals surface area contributed by atoms with Crippen molar-refractivity contribution in [1.29, 1.82) is 0 Å². The van der Waals surface area contributed by atoms with Gasteiger partial charge in [0.1, 0.15) is 0 Å². The molecule has 0 atom stereocenters. The van der Waals surface area contributed by atoms with Crippen molar-refractivity contribution >= 4 is 18.0 Å². The van der Waals surface area contributed by atoms with Crippen molar-refractivity contribution in [2.75, 3.05) is 6.54 Å². The predicted octanol–water partition coefficient (Wildman–Crippen LogP) is 2.14. The van der Waals surface area contributed by atoms with Crippen LogP contribution in [0.5, 0.6) is 0 Å². The van der Waals surface area contributed by atoms with Crippen LogP contribution in [0.15, 0.2) is 29.4 Å². The minimum atomic E-state index is -0.311. The van der Waals surface area contributed by atoms with Gasteiger partial charge in [-0.15, -0.1) is 0 Å². The van der Waals surface area contributed by atoms with Crippen LogP contribution in [0.4, 0.5) is 0 Å². The van der Waals surface area contributed by atoms with E-state index in [4.69, 9.17) is 0 Å². The average molecular weight is 301 g/mol. The summed E-state index contributed by atoms with van der Waals surface area (Å²) < 4.78 is 0. The number of aryl methyl sites for hydroxylation is 1. The van der Waals surface area contributed by atoms with Gasteiger partial charge in [-0.1, -0.05) is 43.5 Å². The molecular weight excluding hydrogens is 278 g/mol. The topological polar surface area (TPSA) is 70.6 Å². The van der Waals surface area contributed by atoms with Gasteiger partial charge in [0.15, 0.2) is 0 Å². The number of benzene rings is 1. The van der Waals surface area contributed by atoms with Crippen LogP contribution in [0.3, 0.4) is 0 Å². The SMILES string of the molecule is Cc1ccccc1C=NNC(=O)CNC(=O)C1CCCCC1. The Labute approximate surface area is 131 Å². The second-order valence-corrected chi connectivity index (χ2v) is 5.70. The van der Waals surface area contributed by atoms with Crippen molar-refractivity contribution in [1.82, 2.24) is 10.7 Å². The van der Waals surface area contributed by atoms with Crippen LogP contribution in [0.25, 0.3) is 0 Å². The summed E-state index contributed by atoms with van der Waals surface area (Å²) in [4.78, 5) is 23.6. The zero-order valence-corrected chi connectivity index (χ0v) is 13.0. The number of carbonyl (C=O) groups is 2. The minimum absolute atomic E-state index is 0.0160. The second kappa shape index (κ2) is 8.32. The Morgan fingerprint density at radius 3 is 2.68 bits per heavy atom. The molecule has 2 N–H and O–H groups in total. The lowest BCUT2D eigenvalue weighted by atomic mass is 9.89. The van der Waals surface area contributed by atoms with Crippen LogP contribution in [0.1, 0.15) is 43.2 Å². The molecule has 1 saturated carbocycles. The zero-order chi connectivity index (χ0) is 15.8. The first-order valence-electron chi connectivity index (χ1n) is 7.82. The lowest BCUT2D eigenvalue weighted by molar-refractivity contribution is -0.129. The molecule has 0 bridgehead atoms. The molecule has 0 aliphatic heterocycles. The van der Waals surface area contributed by atoms with Crippen molar-refractivity contribution in [2.24, 2.45) is 11.0 Å². The molecule has 1 aliphatic rings. The van der Waals surface area contributed by atoms with Crippen molar-refractivity contribution in [3.8, 4) is 0 Å². The molecule has 0 spiro atoms. The van der Waals surface area contributed by atoms with E-state index in [0.717, 1.165) is 36.8 Å². The third-order valence-corrected chi connectivity index (χ3v) is 3.98. The summed E-state index contributed by atoms with van der Waals surface area (Å²) in [6.45, 7) is 1.95. The molecule has 0 heterocycles. The Balaban J connectivity index is 1.71. The molecular formula is C17H23N3O2.